The first-order chi connectivity index (χ1) is 15.8. The highest BCUT2D eigenvalue weighted by atomic mass is 79.9. The van der Waals surface area contributed by atoms with E-state index in [0.717, 1.165) is 21.2 Å². The van der Waals surface area contributed by atoms with Crippen LogP contribution in [0.5, 0.6) is 0 Å². The van der Waals surface area contributed by atoms with E-state index in [1.54, 1.807) is 43.3 Å². The minimum absolute atomic E-state index is 0.178. The summed E-state index contributed by atoms with van der Waals surface area (Å²) in [5.74, 6) is -0.526. The van der Waals surface area contributed by atoms with Gasteiger partial charge in [-0.3, -0.25) is 4.31 Å². The Morgan fingerprint density at radius 3 is 2.45 bits per heavy atom. The van der Waals surface area contributed by atoms with Gasteiger partial charge in [-0.2, -0.15) is 0 Å². The number of hydrogen-bond acceptors (Lipinski definition) is 4. The highest BCUT2D eigenvalue weighted by Crippen LogP contribution is 2.41. The van der Waals surface area contributed by atoms with Crippen LogP contribution in [0.15, 0.2) is 87.7 Å². The van der Waals surface area contributed by atoms with Crippen LogP contribution in [-0.2, 0) is 26.0 Å². The van der Waals surface area contributed by atoms with Crippen LogP contribution in [0.25, 0.3) is 6.08 Å². The van der Waals surface area contributed by atoms with Crippen molar-refractivity contribution in [3.63, 3.8) is 0 Å². The Morgan fingerprint density at radius 1 is 1.09 bits per heavy atom. The number of sulfonamides is 1. The van der Waals surface area contributed by atoms with Gasteiger partial charge in [0.05, 0.1) is 28.8 Å². The molecule has 3 aromatic carbocycles. The molecule has 0 saturated heterocycles. The number of carbonyl (C=O) groups is 1. The van der Waals surface area contributed by atoms with Crippen LogP contribution in [-0.4, -0.2) is 27.0 Å². The van der Waals surface area contributed by atoms with Crippen LogP contribution >= 0.6 is 15.9 Å². The number of anilines is 1. The predicted molar refractivity (Wildman–Crippen MR) is 134 cm³/mol. The number of esters is 1. The molecular formula is C26H24BrNO4S. The number of nitrogens with zero attached hydrogens (tertiary/aromatic N) is 1. The van der Waals surface area contributed by atoms with Crippen LogP contribution in [0, 0.1) is 6.92 Å². The Hall–Kier alpha value is -2.90. The summed E-state index contributed by atoms with van der Waals surface area (Å²) in [4.78, 5) is 13.3. The van der Waals surface area contributed by atoms with Crippen LogP contribution in [0.1, 0.15) is 23.6 Å². The Kier molecular flexibility index (Phi) is 6.72. The summed E-state index contributed by atoms with van der Waals surface area (Å²) in [6, 6.07) is 20.9. The third kappa shape index (κ3) is 4.75. The van der Waals surface area contributed by atoms with Gasteiger partial charge in [-0.05, 0) is 61.4 Å². The molecule has 0 spiro atoms. The average molecular weight is 526 g/mol. The number of fused-ring (bicyclic) bond motifs is 1. The fourth-order valence-electron chi connectivity index (χ4n) is 3.98. The van der Waals surface area contributed by atoms with Gasteiger partial charge in [-0.15, -0.1) is 0 Å². The molecule has 5 nitrogen and oxygen atoms in total. The van der Waals surface area contributed by atoms with E-state index in [-0.39, 0.29) is 11.5 Å². The van der Waals surface area contributed by atoms with Crippen molar-refractivity contribution in [1.82, 2.24) is 0 Å². The lowest BCUT2D eigenvalue weighted by Crippen LogP contribution is -2.41. The van der Waals surface area contributed by atoms with E-state index in [1.807, 2.05) is 49.4 Å². The summed E-state index contributed by atoms with van der Waals surface area (Å²) in [5.41, 5.74) is 3.46. The van der Waals surface area contributed by atoms with E-state index in [4.69, 9.17) is 4.74 Å². The first-order valence-electron chi connectivity index (χ1n) is 10.6. The van der Waals surface area contributed by atoms with E-state index in [2.05, 4.69) is 15.9 Å². The molecule has 0 amide bonds. The van der Waals surface area contributed by atoms with Gasteiger partial charge in [0.2, 0.25) is 0 Å². The lowest BCUT2D eigenvalue weighted by atomic mass is 10.0. The molecule has 7 heteroatoms. The molecule has 0 aliphatic carbocycles. The van der Waals surface area contributed by atoms with Gasteiger partial charge in [0.25, 0.3) is 10.0 Å². The molecule has 1 atom stereocenters. The van der Waals surface area contributed by atoms with Crippen LogP contribution in [0.3, 0.4) is 0 Å². The molecule has 0 bridgehead atoms. The van der Waals surface area contributed by atoms with Crippen LogP contribution in [0.2, 0.25) is 0 Å². The summed E-state index contributed by atoms with van der Waals surface area (Å²) >= 11 is 3.48. The maximum Gasteiger partial charge on any atom is 0.336 e. The first kappa shape index (κ1) is 23.3. The summed E-state index contributed by atoms with van der Waals surface area (Å²) in [6.07, 6.45) is 2.08. The molecule has 1 aliphatic heterocycles. The number of hydrogen-bond donors (Lipinski definition) is 0. The van der Waals surface area contributed by atoms with Gasteiger partial charge in [-0.25, -0.2) is 13.2 Å². The normalized spacial score (nSPS) is 15.9. The van der Waals surface area contributed by atoms with E-state index in [9.17, 15) is 13.2 Å². The van der Waals surface area contributed by atoms with E-state index in [0.29, 0.717) is 17.7 Å². The van der Waals surface area contributed by atoms with Gasteiger partial charge in [0.15, 0.2) is 0 Å². The standard InChI is InChI=1S/C26H24BrNO4S/c1-3-32-26(29)23(15-19-7-5-4-6-8-19)25-17-20-16-21(27)11-14-24(20)28(25)33(30,31)22-12-9-18(2)10-13-22/h4-16,25H,3,17H2,1-2H3/b23-15+/t25-/m1/s1. The Bertz CT molecular complexity index is 1300. The fraction of sp³-hybridized carbons (Fsp3) is 0.192. The maximum atomic E-state index is 13.9. The van der Waals surface area contributed by atoms with Crippen molar-refractivity contribution in [1.29, 1.82) is 0 Å². The largest absolute Gasteiger partial charge is 0.463 e. The fourth-order valence-corrected chi connectivity index (χ4v) is 6.06. The van der Waals surface area contributed by atoms with Gasteiger partial charge in [0.1, 0.15) is 0 Å². The highest BCUT2D eigenvalue weighted by Gasteiger charge is 2.42. The van der Waals surface area contributed by atoms with Crippen molar-refractivity contribution in [3.8, 4) is 0 Å². The van der Waals surface area contributed by atoms with Gasteiger partial charge >= 0.3 is 5.97 Å². The first-order valence-corrected chi connectivity index (χ1v) is 12.9. The number of carbonyl (C=O) groups excluding carboxylic acids is 1. The molecule has 33 heavy (non-hydrogen) atoms. The second-order valence-corrected chi connectivity index (χ2v) is 10.6. The van der Waals surface area contributed by atoms with E-state index >= 15 is 0 Å². The Morgan fingerprint density at radius 2 is 1.79 bits per heavy atom. The summed E-state index contributed by atoms with van der Waals surface area (Å²) in [7, 11) is -3.95. The zero-order valence-electron chi connectivity index (χ0n) is 18.4. The molecule has 3 aromatic rings. The third-order valence-corrected chi connectivity index (χ3v) is 7.88. The lowest BCUT2D eigenvalue weighted by Gasteiger charge is -2.28. The number of halogens is 1. The highest BCUT2D eigenvalue weighted by molar-refractivity contribution is 9.10. The minimum atomic E-state index is -3.95. The molecule has 0 saturated carbocycles. The molecule has 170 valence electrons. The monoisotopic (exact) mass is 525 g/mol. The number of rotatable bonds is 6. The topological polar surface area (TPSA) is 63.7 Å². The van der Waals surface area contributed by atoms with E-state index < -0.39 is 22.0 Å². The Labute approximate surface area is 202 Å². The number of benzene rings is 3. The molecule has 0 aromatic heterocycles. The molecule has 0 N–H and O–H groups in total. The van der Waals surface area contributed by atoms with Crippen molar-refractivity contribution in [2.24, 2.45) is 0 Å². The Balaban J connectivity index is 1.89. The van der Waals surface area contributed by atoms with Crippen molar-refractivity contribution in [3.05, 3.63) is 99.5 Å². The van der Waals surface area contributed by atoms with Crippen molar-refractivity contribution in [2.45, 2.75) is 31.2 Å². The lowest BCUT2D eigenvalue weighted by molar-refractivity contribution is -0.138. The zero-order chi connectivity index (χ0) is 23.6. The maximum absolute atomic E-state index is 13.9. The summed E-state index contributed by atoms with van der Waals surface area (Å²) in [5, 5.41) is 0. The van der Waals surface area contributed by atoms with Crippen LogP contribution < -0.4 is 4.31 Å². The predicted octanol–water partition coefficient (Wildman–Crippen LogP) is 5.52. The molecule has 1 aliphatic rings. The van der Waals surface area contributed by atoms with Gasteiger partial charge < -0.3 is 4.74 Å². The quantitative estimate of drug-likeness (QED) is 0.313. The zero-order valence-corrected chi connectivity index (χ0v) is 20.8. The average Bonchev–Trinajstić information content (AvgIpc) is 3.17. The number of ether oxygens (including phenoxy) is 1. The SMILES string of the molecule is CCOC(=O)/C(=C/c1ccccc1)[C@H]1Cc2cc(Br)ccc2N1S(=O)(=O)c1ccc(C)cc1. The van der Waals surface area contributed by atoms with E-state index in [1.165, 1.54) is 4.31 Å². The van der Waals surface area contributed by atoms with Crippen molar-refractivity contribution in [2.75, 3.05) is 10.9 Å². The second-order valence-electron chi connectivity index (χ2n) is 7.84. The summed E-state index contributed by atoms with van der Waals surface area (Å²) < 4.78 is 35.3. The molecule has 0 radical (unpaired) electrons. The summed E-state index contributed by atoms with van der Waals surface area (Å²) in [6.45, 7) is 3.84. The van der Waals surface area contributed by atoms with Gasteiger partial charge in [-0.1, -0.05) is 64.0 Å². The van der Waals surface area contributed by atoms with Crippen molar-refractivity contribution < 1.29 is 17.9 Å². The molecule has 4 rings (SSSR count). The number of aryl methyl sites for hydroxylation is 1. The third-order valence-electron chi connectivity index (χ3n) is 5.54. The molecule has 0 unspecified atom stereocenters. The van der Waals surface area contributed by atoms with Crippen LogP contribution in [0.4, 0.5) is 5.69 Å². The molecular weight excluding hydrogens is 502 g/mol. The smallest absolute Gasteiger partial charge is 0.336 e. The second kappa shape index (κ2) is 9.53. The minimum Gasteiger partial charge on any atom is -0.463 e. The molecule has 1 heterocycles. The van der Waals surface area contributed by atoms with Crippen molar-refractivity contribution >= 4 is 43.7 Å². The van der Waals surface area contributed by atoms with Gasteiger partial charge in [0, 0.05) is 10.9 Å². The molecule has 0 fully saturated rings.